The summed E-state index contributed by atoms with van der Waals surface area (Å²) in [6.45, 7) is 2.01. The number of nitrogens with one attached hydrogen (secondary N) is 1. The first-order chi connectivity index (χ1) is 10.2. The van der Waals surface area contributed by atoms with Gasteiger partial charge in [0.15, 0.2) is 0 Å². The molecule has 0 fully saturated rings. The van der Waals surface area contributed by atoms with Gasteiger partial charge in [-0.05, 0) is 35.6 Å². The molecule has 0 aliphatic heterocycles. The summed E-state index contributed by atoms with van der Waals surface area (Å²) in [6, 6.07) is 12.8. The number of amidine groups is 1. The van der Waals surface area contributed by atoms with Gasteiger partial charge in [0.05, 0.1) is 12.2 Å². The Hall–Kier alpha value is -1.98. The average molecular weight is 302 g/mol. The highest BCUT2D eigenvalue weighted by atomic mass is 32.2. The molecule has 21 heavy (non-hydrogen) atoms. The van der Waals surface area contributed by atoms with Crippen LogP contribution in [0.15, 0.2) is 47.4 Å². The molecule has 0 unspecified atom stereocenters. The second-order valence-corrected chi connectivity index (χ2v) is 5.69. The summed E-state index contributed by atoms with van der Waals surface area (Å²) in [7, 11) is 0. The Morgan fingerprint density at radius 3 is 2.71 bits per heavy atom. The first-order valence-electron chi connectivity index (χ1n) is 6.63. The number of aliphatic hydroxyl groups excluding tert-OH is 1. The second-order valence-electron chi connectivity index (χ2n) is 4.38. The minimum Gasteiger partial charge on any atom is -0.457 e. The van der Waals surface area contributed by atoms with Crippen LogP contribution in [0.5, 0.6) is 11.5 Å². The highest BCUT2D eigenvalue weighted by Crippen LogP contribution is 2.32. The van der Waals surface area contributed by atoms with Crippen molar-refractivity contribution in [3.8, 4) is 11.5 Å². The van der Waals surface area contributed by atoms with Crippen molar-refractivity contribution in [3.05, 3.63) is 53.6 Å². The van der Waals surface area contributed by atoms with E-state index < -0.39 is 0 Å². The van der Waals surface area contributed by atoms with Gasteiger partial charge in [-0.2, -0.15) is 0 Å². The molecule has 0 bridgehead atoms. The van der Waals surface area contributed by atoms with Gasteiger partial charge in [-0.3, -0.25) is 5.41 Å². The van der Waals surface area contributed by atoms with Crippen molar-refractivity contribution in [3.63, 3.8) is 0 Å². The number of benzene rings is 2. The molecule has 0 atom stereocenters. The summed E-state index contributed by atoms with van der Waals surface area (Å²) in [5, 5.41) is 17.0. The molecule has 2 aromatic rings. The number of hydrogen-bond donors (Lipinski definition) is 3. The maximum absolute atomic E-state index is 9.17. The summed E-state index contributed by atoms with van der Waals surface area (Å²) in [4.78, 5) is 0.931. The summed E-state index contributed by atoms with van der Waals surface area (Å²) >= 11 is 1.62. The monoisotopic (exact) mass is 302 g/mol. The van der Waals surface area contributed by atoms with Gasteiger partial charge in [0.1, 0.15) is 17.3 Å². The molecule has 5 heteroatoms. The van der Waals surface area contributed by atoms with E-state index in [1.54, 1.807) is 23.9 Å². The number of hydrogen-bond acceptors (Lipinski definition) is 4. The standard InChI is InChI=1S/C16H18N2O2S/c1-2-21-14-8-4-7-13(15(14)16(17)18)20-12-6-3-5-11(9-12)10-19/h3-9,19H,2,10H2,1H3,(H3,17,18). The molecule has 0 aliphatic carbocycles. The number of aliphatic hydroxyl groups is 1. The molecule has 2 rings (SSSR count). The summed E-state index contributed by atoms with van der Waals surface area (Å²) in [6.07, 6.45) is 0. The van der Waals surface area contributed by atoms with E-state index in [-0.39, 0.29) is 12.4 Å². The van der Waals surface area contributed by atoms with Crippen molar-refractivity contribution < 1.29 is 9.84 Å². The maximum atomic E-state index is 9.17. The molecule has 2 aromatic carbocycles. The van der Waals surface area contributed by atoms with Gasteiger partial charge in [0, 0.05) is 4.90 Å². The first-order valence-corrected chi connectivity index (χ1v) is 7.62. The Labute approximate surface area is 128 Å². The lowest BCUT2D eigenvalue weighted by Crippen LogP contribution is -2.13. The highest BCUT2D eigenvalue weighted by molar-refractivity contribution is 7.99. The van der Waals surface area contributed by atoms with Gasteiger partial charge in [-0.15, -0.1) is 11.8 Å². The van der Waals surface area contributed by atoms with Gasteiger partial charge >= 0.3 is 0 Å². The lowest BCUT2D eigenvalue weighted by molar-refractivity contribution is 0.281. The Bertz CT molecular complexity index is 644. The van der Waals surface area contributed by atoms with Crippen LogP contribution in [0.1, 0.15) is 18.1 Å². The van der Waals surface area contributed by atoms with Crippen molar-refractivity contribution in [2.45, 2.75) is 18.4 Å². The van der Waals surface area contributed by atoms with E-state index in [0.29, 0.717) is 17.1 Å². The molecule has 0 saturated heterocycles. The van der Waals surface area contributed by atoms with Crippen molar-refractivity contribution >= 4 is 17.6 Å². The lowest BCUT2D eigenvalue weighted by atomic mass is 10.1. The molecule has 0 saturated carbocycles. The zero-order valence-corrected chi connectivity index (χ0v) is 12.6. The van der Waals surface area contributed by atoms with Crippen LogP contribution in [0, 0.1) is 5.41 Å². The van der Waals surface area contributed by atoms with Gasteiger partial charge < -0.3 is 15.6 Å². The van der Waals surface area contributed by atoms with E-state index in [9.17, 15) is 5.11 Å². The Morgan fingerprint density at radius 1 is 1.29 bits per heavy atom. The highest BCUT2D eigenvalue weighted by Gasteiger charge is 2.13. The predicted octanol–water partition coefficient (Wildman–Crippen LogP) is 3.37. The molecule has 4 nitrogen and oxygen atoms in total. The molecule has 0 spiro atoms. The quantitative estimate of drug-likeness (QED) is 0.434. The Balaban J connectivity index is 2.38. The topological polar surface area (TPSA) is 79.3 Å². The zero-order valence-electron chi connectivity index (χ0n) is 11.8. The van der Waals surface area contributed by atoms with Crippen LogP contribution in [-0.2, 0) is 6.61 Å². The van der Waals surface area contributed by atoms with Crippen LogP contribution in [0.4, 0.5) is 0 Å². The van der Waals surface area contributed by atoms with E-state index in [1.807, 2.05) is 37.3 Å². The van der Waals surface area contributed by atoms with Gasteiger partial charge in [0.25, 0.3) is 0 Å². The van der Waals surface area contributed by atoms with Crippen LogP contribution < -0.4 is 10.5 Å². The van der Waals surface area contributed by atoms with E-state index in [1.165, 1.54) is 0 Å². The SMILES string of the molecule is CCSc1cccc(Oc2cccc(CO)c2)c1C(=N)N. The second kappa shape index (κ2) is 7.15. The van der Waals surface area contributed by atoms with E-state index >= 15 is 0 Å². The molecule has 0 amide bonds. The fourth-order valence-electron chi connectivity index (χ4n) is 1.97. The normalized spacial score (nSPS) is 10.4. The van der Waals surface area contributed by atoms with Gasteiger partial charge in [0.2, 0.25) is 0 Å². The summed E-state index contributed by atoms with van der Waals surface area (Å²) in [5.41, 5.74) is 7.09. The van der Waals surface area contributed by atoms with E-state index in [2.05, 4.69) is 0 Å². The van der Waals surface area contributed by atoms with Gasteiger partial charge in [-0.1, -0.05) is 25.1 Å². The van der Waals surface area contributed by atoms with E-state index in [0.717, 1.165) is 16.2 Å². The fraction of sp³-hybridized carbons (Fsp3) is 0.188. The van der Waals surface area contributed by atoms with Crippen LogP contribution in [0.2, 0.25) is 0 Å². The lowest BCUT2D eigenvalue weighted by Gasteiger charge is -2.14. The zero-order chi connectivity index (χ0) is 15.2. The van der Waals surface area contributed by atoms with Crippen molar-refractivity contribution in [1.82, 2.24) is 0 Å². The molecule has 0 aromatic heterocycles. The molecular formula is C16H18N2O2S. The molecule has 0 aliphatic rings. The minimum atomic E-state index is -0.0392. The van der Waals surface area contributed by atoms with Crippen LogP contribution >= 0.6 is 11.8 Å². The van der Waals surface area contributed by atoms with Crippen molar-refractivity contribution in [1.29, 1.82) is 5.41 Å². The third kappa shape index (κ3) is 3.77. The summed E-state index contributed by atoms with van der Waals surface area (Å²) in [5.74, 6) is 2.04. The number of thioether (sulfide) groups is 1. The van der Waals surface area contributed by atoms with Crippen molar-refractivity contribution in [2.75, 3.05) is 5.75 Å². The third-order valence-electron chi connectivity index (χ3n) is 2.87. The van der Waals surface area contributed by atoms with Crippen molar-refractivity contribution in [2.24, 2.45) is 5.73 Å². The summed E-state index contributed by atoms with van der Waals surface area (Å²) < 4.78 is 5.86. The first kappa shape index (κ1) is 15.4. The van der Waals surface area contributed by atoms with E-state index in [4.69, 9.17) is 15.9 Å². The van der Waals surface area contributed by atoms with Gasteiger partial charge in [-0.25, -0.2) is 0 Å². The number of rotatable bonds is 6. The average Bonchev–Trinajstić information content (AvgIpc) is 2.47. The molecule has 4 N–H and O–H groups in total. The smallest absolute Gasteiger partial charge is 0.139 e. The number of nitrogen functional groups attached to an aromatic ring is 1. The van der Waals surface area contributed by atoms with Crippen LogP contribution in [-0.4, -0.2) is 16.7 Å². The Kier molecular flexibility index (Phi) is 5.25. The number of nitrogens with two attached hydrogens (primary N) is 1. The van der Waals surface area contributed by atoms with Crippen LogP contribution in [0.3, 0.4) is 0 Å². The Morgan fingerprint density at radius 2 is 2.05 bits per heavy atom. The molecule has 0 heterocycles. The maximum Gasteiger partial charge on any atom is 0.139 e. The fourth-order valence-corrected chi connectivity index (χ4v) is 2.81. The number of ether oxygens (including phenoxy) is 1. The van der Waals surface area contributed by atoms with Crippen LogP contribution in [0.25, 0.3) is 0 Å². The third-order valence-corrected chi connectivity index (χ3v) is 3.81. The molecule has 0 radical (unpaired) electrons. The largest absolute Gasteiger partial charge is 0.457 e. The molecular weight excluding hydrogens is 284 g/mol. The molecule has 110 valence electrons. The predicted molar refractivity (Wildman–Crippen MR) is 86.3 cm³/mol. The minimum absolute atomic E-state index is 0.0140.